The van der Waals surface area contributed by atoms with E-state index in [1.807, 2.05) is 0 Å². The Morgan fingerprint density at radius 3 is 2.70 bits per heavy atom. The van der Waals surface area contributed by atoms with E-state index < -0.39 is 0 Å². The quantitative estimate of drug-likeness (QED) is 0.622. The smallest absolute Gasteiger partial charge is 0.108 e. The number of nitrogens with one attached hydrogen (secondary N) is 1. The van der Waals surface area contributed by atoms with Crippen molar-refractivity contribution in [3.63, 3.8) is 0 Å². The first kappa shape index (κ1) is 7.98. The molecular weight excluding hydrogens is 130 g/mol. The second kappa shape index (κ2) is 3.91. The average molecular weight is 145 g/mol. The minimum Gasteiger partial charge on any atom is -0.383 e. The van der Waals surface area contributed by atoms with Crippen LogP contribution >= 0.6 is 0 Å². The lowest BCUT2D eigenvalue weighted by atomic mass is 10.2. The summed E-state index contributed by atoms with van der Waals surface area (Å²) in [6, 6.07) is 0.495. The molecule has 0 aromatic carbocycles. The third-order valence-corrected chi connectivity index (χ3v) is 1.85. The Morgan fingerprint density at radius 2 is 2.20 bits per heavy atom. The van der Waals surface area contributed by atoms with Gasteiger partial charge in [0.25, 0.3) is 0 Å². The fourth-order valence-electron chi connectivity index (χ4n) is 1.30. The summed E-state index contributed by atoms with van der Waals surface area (Å²) in [6.07, 6.45) is 2.51. The van der Waals surface area contributed by atoms with E-state index in [2.05, 4.69) is 5.32 Å². The molecule has 1 rings (SSSR count). The lowest BCUT2D eigenvalue weighted by molar-refractivity contribution is 0.0793. The van der Waals surface area contributed by atoms with Crippen molar-refractivity contribution in [3.05, 3.63) is 0 Å². The molecule has 0 spiro atoms. The summed E-state index contributed by atoms with van der Waals surface area (Å²) in [4.78, 5) is 0. The first-order valence-corrected chi connectivity index (χ1v) is 3.64. The molecule has 1 aliphatic heterocycles. The normalized spacial score (nSPS) is 33.0. The highest BCUT2D eigenvalue weighted by Crippen LogP contribution is 2.12. The van der Waals surface area contributed by atoms with Gasteiger partial charge in [-0.25, -0.2) is 0 Å². The number of rotatable bonds is 3. The van der Waals surface area contributed by atoms with Crippen LogP contribution in [0.2, 0.25) is 0 Å². The molecular formula is C7H15NO2. The van der Waals surface area contributed by atoms with Crippen molar-refractivity contribution in [3.8, 4) is 0 Å². The third kappa shape index (κ3) is 1.94. The first-order valence-electron chi connectivity index (χ1n) is 3.64. The van der Waals surface area contributed by atoms with Crippen LogP contribution in [-0.2, 0) is 9.47 Å². The molecule has 0 saturated carbocycles. The van der Waals surface area contributed by atoms with E-state index in [1.165, 1.54) is 0 Å². The Bertz CT molecular complexity index is 97.6. The lowest BCUT2D eigenvalue weighted by Crippen LogP contribution is -2.33. The average Bonchev–Trinajstić information content (AvgIpc) is 2.37. The molecule has 0 aromatic heterocycles. The Balaban J connectivity index is 2.15. The van der Waals surface area contributed by atoms with E-state index >= 15 is 0 Å². The summed E-state index contributed by atoms with van der Waals surface area (Å²) in [7, 11) is 3.45. The van der Waals surface area contributed by atoms with Gasteiger partial charge < -0.3 is 9.47 Å². The van der Waals surface area contributed by atoms with E-state index in [0.717, 1.165) is 19.4 Å². The van der Waals surface area contributed by atoms with Crippen molar-refractivity contribution < 1.29 is 9.47 Å². The molecule has 0 aromatic rings. The molecule has 1 aliphatic rings. The van der Waals surface area contributed by atoms with Crippen LogP contribution < -0.4 is 5.32 Å². The molecule has 60 valence electrons. The Labute approximate surface area is 61.7 Å². The summed E-state index contributed by atoms with van der Waals surface area (Å²) >= 11 is 0. The van der Waals surface area contributed by atoms with Crippen LogP contribution in [0.3, 0.4) is 0 Å². The third-order valence-electron chi connectivity index (χ3n) is 1.85. The monoisotopic (exact) mass is 145 g/mol. The number of hydrogen-bond acceptors (Lipinski definition) is 3. The van der Waals surface area contributed by atoms with Crippen molar-refractivity contribution >= 4 is 0 Å². The van der Waals surface area contributed by atoms with Gasteiger partial charge in [-0.3, -0.25) is 5.32 Å². The Morgan fingerprint density at radius 1 is 1.40 bits per heavy atom. The summed E-state index contributed by atoms with van der Waals surface area (Å²) in [5, 5.41) is 3.29. The molecule has 1 unspecified atom stereocenters. The zero-order valence-corrected chi connectivity index (χ0v) is 6.59. The lowest BCUT2D eigenvalue weighted by Gasteiger charge is -2.11. The summed E-state index contributed by atoms with van der Waals surface area (Å²) < 4.78 is 10.1. The van der Waals surface area contributed by atoms with Gasteiger partial charge in [-0.1, -0.05) is 0 Å². The van der Waals surface area contributed by atoms with Crippen LogP contribution in [0.1, 0.15) is 12.8 Å². The van der Waals surface area contributed by atoms with Gasteiger partial charge in [0, 0.05) is 20.3 Å². The Hall–Kier alpha value is -0.120. The molecule has 1 saturated heterocycles. The van der Waals surface area contributed by atoms with E-state index in [9.17, 15) is 0 Å². The van der Waals surface area contributed by atoms with Crippen molar-refractivity contribution in [1.82, 2.24) is 5.32 Å². The molecule has 1 N–H and O–H groups in total. The molecule has 0 aliphatic carbocycles. The first-order chi connectivity index (χ1) is 4.86. The SMILES string of the molecule is COC[C@@H]1CCC(OC)N1. The Kier molecular flexibility index (Phi) is 3.12. The fraction of sp³-hybridized carbons (Fsp3) is 1.00. The van der Waals surface area contributed by atoms with Crippen LogP contribution in [-0.4, -0.2) is 33.1 Å². The standard InChI is InChI=1S/C7H15NO2/c1-9-5-6-3-4-7(8-6)10-2/h6-8H,3-5H2,1-2H3/t6-,7?/m0/s1. The second-order valence-corrected chi connectivity index (χ2v) is 2.62. The summed E-state index contributed by atoms with van der Waals surface area (Å²) in [6.45, 7) is 0.792. The van der Waals surface area contributed by atoms with Gasteiger partial charge in [-0.2, -0.15) is 0 Å². The minimum atomic E-state index is 0.250. The van der Waals surface area contributed by atoms with Gasteiger partial charge in [-0.05, 0) is 12.8 Å². The highest BCUT2D eigenvalue weighted by Gasteiger charge is 2.22. The van der Waals surface area contributed by atoms with Crippen LogP contribution in [0, 0.1) is 0 Å². The highest BCUT2D eigenvalue weighted by atomic mass is 16.5. The summed E-state index contributed by atoms with van der Waals surface area (Å²) in [5.74, 6) is 0. The van der Waals surface area contributed by atoms with Crippen molar-refractivity contribution in [2.45, 2.75) is 25.1 Å². The molecule has 2 atom stereocenters. The maximum Gasteiger partial charge on any atom is 0.108 e. The highest BCUT2D eigenvalue weighted by molar-refractivity contribution is 4.77. The molecule has 0 bridgehead atoms. The second-order valence-electron chi connectivity index (χ2n) is 2.62. The zero-order valence-electron chi connectivity index (χ0n) is 6.59. The van der Waals surface area contributed by atoms with Gasteiger partial charge in [0.05, 0.1) is 6.61 Å². The zero-order chi connectivity index (χ0) is 7.40. The van der Waals surface area contributed by atoms with E-state index in [0.29, 0.717) is 6.04 Å². The number of ether oxygens (including phenoxy) is 2. The van der Waals surface area contributed by atoms with Crippen LogP contribution in [0.15, 0.2) is 0 Å². The molecule has 3 heteroatoms. The maximum atomic E-state index is 5.12. The molecule has 0 amide bonds. The topological polar surface area (TPSA) is 30.5 Å². The van der Waals surface area contributed by atoms with Gasteiger partial charge in [0.15, 0.2) is 0 Å². The van der Waals surface area contributed by atoms with Crippen molar-refractivity contribution in [2.24, 2.45) is 0 Å². The van der Waals surface area contributed by atoms with Crippen LogP contribution in [0.25, 0.3) is 0 Å². The fourth-order valence-corrected chi connectivity index (χ4v) is 1.30. The van der Waals surface area contributed by atoms with Gasteiger partial charge in [-0.15, -0.1) is 0 Å². The number of hydrogen-bond donors (Lipinski definition) is 1. The van der Waals surface area contributed by atoms with Crippen LogP contribution in [0.5, 0.6) is 0 Å². The predicted octanol–water partition coefficient (Wildman–Crippen LogP) is 0.357. The van der Waals surface area contributed by atoms with E-state index in [1.54, 1.807) is 14.2 Å². The van der Waals surface area contributed by atoms with Crippen LogP contribution in [0.4, 0.5) is 0 Å². The van der Waals surface area contributed by atoms with E-state index in [4.69, 9.17) is 9.47 Å². The van der Waals surface area contributed by atoms with E-state index in [-0.39, 0.29) is 6.23 Å². The molecule has 0 radical (unpaired) electrons. The number of methoxy groups -OCH3 is 2. The minimum absolute atomic E-state index is 0.250. The largest absolute Gasteiger partial charge is 0.383 e. The molecule has 10 heavy (non-hydrogen) atoms. The molecule has 1 fully saturated rings. The van der Waals surface area contributed by atoms with Gasteiger partial charge in [0.1, 0.15) is 6.23 Å². The molecule has 1 heterocycles. The van der Waals surface area contributed by atoms with Gasteiger partial charge in [0.2, 0.25) is 0 Å². The van der Waals surface area contributed by atoms with Crippen molar-refractivity contribution in [2.75, 3.05) is 20.8 Å². The van der Waals surface area contributed by atoms with Crippen molar-refractivity contribution in [1.29, 1.82) is 0 Å². The molecule has 3 nitrogen and oxygen atoms in total. The van der Waals surface area contributed by atoms with Gasteiger partial charge >= 0.3 is 0 Å². The summed E-state index contributed by atoms with van der Waals surface area (Å²) in [5.41, 5.74) is 0. The predicted molar refractivity (Wildman–Crippen MR) is 38.8 cm³/mol. The maximum absolute atomic E-state index is 5.12.